The molecule has 104 valence electrons. The van der Waals surface area contributed by atoms with Crippen LogP contribution in [0, 0.1) is 11.7 Å². The first kappa shape index (κ1) is 13.8. The minimum atomic E-state index is -0.454. The fourth-order valence-electron chi connectivity index (χ4n) is 2.44. The van der Waals surface area contributed by atoms with Gasteiger partial charge in [0.2, 0.25) is 0 Å². The molecule has 2 unspecified atom stereocenters. The Morgan fingerprint density at radius 2 is 2.21 bits per heavy atom. The first-order valence-electron chi connectivity index (χ1n) is 6.52. The lowest BCUT2D eigenvalue weighted by molar-refractivity contribution is 0.116. The summed E-state index contributed by atoms with van der Waals surface area (Å²) in [5.74, 6) is -0.332. The van der Waals surface area contributed by atoms with E-state index in [2.05, 4.69) is 5.32 Å². The number of hydrogen-bond acceptors (Lipinski definition) is 2. The summed E-state index contributed by atoms with van der Waals surface area (Å²) in [6.07, 6.45) is 2.39. The summed E-state index contributed by atoms with van der Waals surface area (Å²) in [7, 11) is 1.65. The van der Waals surface area contributed by atoms with Crippen LogP contribution in [0.15, 0.2) is 24.3 Å². The van der Waals surface area contributed by atoms with E-state index in [1.165, 1.54) is 17.0 Å². The number of carbonyl (C=O) groups is 1. The molecular formula is C14H19FN2O2. The molecule has 5 heteroatoms. The Bertz CT molecular complexity index is 453. The van der Waals surface area contributed by atoms with E-state index < -0.39 is 5.82 Å². The average Bonchev–Trinajstić information content (AvgIpc) is 2.78. The third-order valence-corrected chi connectivity index (χ3v) is 3.59. The van der Waals surface area contributed by atoms with Gasteiger partial charge in [0.1, 0.15) is 5.82 Å². The number of halogens is 1. The maximum atomic E-state index is 13.4. The molecule has 1 aliphatic rings. The molecule has 0 spiro atoms. The Hall–Kier alpha value is -1.62. The second-order valence-corrected chi connectivity index (χ2v) is 5.05. The van der Waals surface area contributed by atoms with Crippen molar-refractivity contribution >= 4 is 11.7 Å². The number of amides is 2. The molecule has 0 aromatic heterocycles. The number of aliphatic hydroxyl groups excluding tert-OH is 1. The zero-order valence-corrected chi connectivity index (χ0v) is 11.0. The lowest BCUT2D eigenvalue weighted by Crippen LogP contribution is -2.37. The third-order valence-electron chi connectivity index (χ3n) is 3.59. The lowest BCUT2D eigenvalue weighted by atomic mass is 10.1. The molecule has 0 bridgehead atoms. The van der Waals surface area contributed by atoms with Crippen molar-refractivity contribution in [1.82, 2.24) is 4.90 Å². The van der Waals surface area contributed by atoms with Gasteiger partial charge in [-0.15, -0.1) is 0 Å². The van der Waals surface area contributed by atoms with Crippen molar-refractivity contribution in [2.24, 2.45) is 5.92 Å². The second-order valence-electron chi connectivity index (χ2n) is 5.05. The molecule has 1 aliphatic carbocycles. The van der Waals surface area contributed by atoms with E-state index in [0.29, 0.717) is 6.54 Å². The molecule has 4 nitrogen and oxygen atoms in total. The average molecular weight is 266 g/mol. The minimum Gasteiger partial charge on any atom is -0.393 e. The van der Waals surface area contributed by atoms with Crippen molar-refractivity contribution in [3.05, 3.63) is 30.1 Å². The molecule has 2 N–H and O–H groups in total. The summed E-state index contributed by atoms with van der Waals surface area (Å²) < 4.78 is 13.4. The van der Waals surface area contributed by atoms with E-state index in [9.17, 15) is 14.3 Å². The van der Waals surface area contributed by atoms with Gasteiger partial charge >= 0.3 is 6.03 Å². The number of hydrogen-bond donors (Lipinski definition) is 2. The van der Waals surface area contributed by atoms with Crippen LogP contribution in [0.1, 0.15) is 19.3 Å². The van der Waals surface area contributed by atoms with E-state index in [1.54, 1.807) is 19.2 Å². The molecule has 19 heavy (non-hydrogen) atoms. The van der Waals surface area contributed by atoms with E-state index in [0.717, 1.165) is 19.3 Å². The van der Waals surface area contributed by atoms with Gasteiger partial charge in [0.15, 0.2) is 0 Å². The van der Waals surface area contributed by atoms with Crippen LogP contribution in [-0.2, 0) is 0 Å². The van der Waals surface area contributed by atoms with Gasteiger partial charge < -0.3 is 15.3 Å². The maximum absolute atomic E-state index is 13.4. The lowest BCUT2D eigenvalue weighted by Gasteiger charge is -2.23. The molecule has 2 amide bonds. The van der Waals surface area contributed by atoms with Crippen LogP contribution in [0.4, 0.5) is 14.9 Å². The van der Waals surface area contributed by atoms with Crippen molar-refractivity contribution in [3.63, 3.8) is 0 Å². The Labute approximate surface area is 112 Å². The van der Waals surface area contributed by atoms with Gasteiger partial charge in [-0.3, -0.25) is 0 Å². The number of nitrogens with one attached hydrogen (secondary N) is 1. The van der Waals surface area contributed by atoms with Crippen LogP contribution in [0.3, 0.4) is 0 Å². The summed E-state index contributed by atoms with van der Waals surface area (Å²) in [6.45, 7) is 0.488. The highest BCUT2D eigenvalue weighted by atomic mass is 19.1. The molecule has 0 saturated heterocycles. The number of benzene rings is 1. The van der Waals surface area contributed by atoms with Gasteiger partial charge in [-0.05, 0) is 25.0 Å². The molecule has 1 saturated carbocycles. The maximum Gasteiger partial charge on any atom is 0.321 e. The predicted octanol–water partition coefficient (Wildman–Crippen LogP) is 2.45. The number of rotatable bonds is 3. The summed E-state index contributed by atoms with van der Waals surface area (Å²) >= 11 is 0. The van der Waals surface area contributed by atoms with E-state index in [1.807, 2.05) is 0 Å². The first-order chi connectivity index (χ1) is 9.08. The van der Waals surface area contributed by atoms with Gasteiger partial charge in [-0.1, -0.05) is 18.6 Å². The monoisotopic (exact) mass is 266 g/mol. The van der Waals surface area contributed by atoms with Crippen LogP contribution in [0.2, 0.25) is 0 Å². The van der Waals surface area contributed by atoms with Crippen LogP contribution in [-0.4, -0.2) is 35.7 Å². The Morgan fingerprint density at radius 1 is 1.47 bits per heavy atom. The number of carbonyl (C=O) groups excluding carboxylic acids is 1. The SMILES string of the molecule is CN(CC1CCCC1O)C(=O)Nc1ccccc1F. The second kappa shape index (κ2) is 6.02. The summed E-state index contributed by atoms with van der Waals surface area (Å²) in [5.41, 5.74) is 0.173. The standard InChI is InChI=1S/C14H19FN2O2/c1-17(9-10-5-4-8-13(10)18)14(19)16-12-7-3-2-6-11(12)15/h2-3,6-7,10,13,18H,4-5,8-9H2,1H3,(H,16,19). The zero-order chi connectivity index (χ0) is 13.8. The summed E-state index contributed by atoms with van der Waals surface area (Å²) in [4.78, 5) is 13.4. The molecule has 1 aromatic carbocycles. The van der Waals surface area contributed by atoms with E-state index in [4.69, 9.17) is 0 Å². The van der Waals surface area contributed by atoms with Gasteiger partial charge in [0, 0.05) is 19.5 Å². The zero-order valence-electron chi connectivity index (χ0n) is 11.0. The number of anilines is 1. The van der Waals surface area contributed by atoms with Crippen molar-refractivity contribution in [2.75, 3.05) is 18.9 Å². The first-order valence-corrected chi connectivity index (χ1v) is 6.52. The van der Waals surface area contributed by atoms with Gasteiger partial charge in [0.05, 0.1) is 11.8 Å². The number of aliphatic hydroxyl groups is 1. The Morgan fingerprint density at radius 3 is 2.84 bits per heavy atom. The van der Waals surface area contributed by atoms with E-state index in [-0.39, 0.29) is 23.7 Å². The molecule has 2 rings (SSSR count). The van der Waals surface area contributed by atoms with Crippen molar-refractivity contribution in [1.29, 1.82) is 0 Å². The summed E-state index contributed by atoms with van der Waals surface area (Å²) in [6, 6.07) is 5.70. The van der Waals surface area contributed by atoms with Crippen molar-refractivity contribution in [2.45, 2.75) is 25.4 Å². The van der Waals surface area contributed by atoms with Gasteiger partial charge in [-0.25, -0.2) is 9.18 Å². The number of para-hydroxylation sites is 1. The fourth-order valence-corrected chi connectivity index (χ4v) is 2.44. The van der Waals surface area contributed by atoms with E-state index >= 15 is 0 Å². The molecule has 0 radical (unpaired) electrons. The predicted molar refractivity (Wildman–Crippen MR) is 71.4 cm³/mol. The quantitative estimate of drug-likeness (QED) is 0.883. The number of nitrogens with zero attached hydrogens (tertiary/aromatic N) is 1. The number of urea groups is 1. The van der Waals surface area contributed by atoms with Crippen molar-refractivity contribution in [3.8, 4) is 0 Å². The molecule has 1 fully saturated rings. The smallest absolute Gasteiger partial charge is 0.321 e. The molecule has 1 aromatic rings. The highest BCUT2D eigenvalue weighted by Gasteiger charge is 2.27. The Balaban J connectivity index is 1.91. The molecule has 2 atom stereocenters. The van der Waals surface area contributed by atoms with Crippen LogP contribution >= 0.6 is 0 Å². The van der Waals surface area contributed by atoms with Gasteiger partial charge in [-0.2, -0.15) is 0 Å². The third kappa shape index (κ3) is 3.44. The Kier molecular flexibility index (Phi) is 4.37. The largest absolute Gasteiger partial charge is 0.393 e. The van der Waals surface area contributed by atoms with Crippen molar-refractivity contribution < 1.29 is 14.3 Å². The molecule has 0 aliphatic heterocycles. The highest BCUT2D eigenvalue weighted by Crippen LogP contribution is 2.26. The van der Waals surface area contributed by atoms with Crippen LogP contribution in [0.5, 0.6) is 0 Å². The minimum absolute atomic E-state index is 0.122. The molecular weight excluding hydrogens is 247 g/mol. The highest BCUT2D eigenvalue weighted by molar-refractivity contribution is 5.89. The van der Waals surface area contributed by atoms with Gasteiger partial charge in [0.25, 0.3) is 0 Å². The topological polar surface area (TPSA) is 52.6 Å². The summed E-state index contributed by atoms with van der Waals surface area (Å²) in [5, 5.41) is 12.3. The van der Waals surface area contributed by atoms with Crippen LogP contribution < -0.4 is 5.32 Å². The normalized spacial score (nSPS) is 22.3. The fraction of sp³-hybridized carbons (Fsp3) is 0.500. The molecule has 0 heterocycles. The van der Waals surface area contributed by atoms with Crippen LogP contribution in [0.25, 0.3) is 0 Å².